The second-order valence-corrected chi connectivity index (χ2v) is 5.96. The van der Waals surface area contributed by atoms with Crippen molar-refractivity contribution in [2.45, 2.75) is 38.0 Å². The van der Waals surface area contributed by atoms with Gasteiger partial charge in [0.1, 0.15) is 0 Å². The number of aromatic nitrogens is 4. The first-order valence-electron chi connectivity index (χ1n) is 6.03. The van der Waals surface area contributed by atoms with Crippen LogP contribution in [0.4, 0.5) is 4.79 Å². The van der Waals surface area contributed by atoms with Gasteiger partial charge >= 0.3 is 6.03 Å². The van der Waals surface area contributed by atoms with Gasteiger partial charge in [0, 0.05) is 12.1 Å². The summed E-state index contributed by atoms with van der Waals surface area (Å²) in [5, 5.41) is 16.4. The predicted molar refractivity (Wildman–Crippen MR) is 74.0 cm³/mol. The molecular formula is C10H19N7O2S. The van der Waals surface area contributed by atoms with Crippen molar-refractivity contribution in [2.75, 3.05) is 12.3 Å². The van der Waals surface area contributed by atoms with E-state index in [1.807, 2.05) is 20.8 Å². The van der Waals surface area contributed by atoms with Crippen molar-refractivity contribution in [2.24, 2.45) is 5.73 Å². The van der Waals surface area contributed by atoms with Gasteiger partial charge in [-0.25, -0.2) is 9.48 Å². The molecule has 0 spiro atoms. The molecule has 1 aromatic rings. The van der Waals surface area contributed by atoms with E-state index in [2.05, 4.69) is 26.2 Å². The number of nitrogens with zero attached hydrogens (tertiary/aromatic N) is 4. The minimum absolute atomic E-state index is 0.0442. The molecule has 0 radical (unpaired) electrons. The Bertz CT molecular complexity index is 468. The maximum absolute atomic E-state index is 11.6. The number of carbonyl (C=O) groups is 2. The van der Waals surface area contributed by atoms with Crippen molar-refractivity contribution < 1.29 is 9.59 Å². The van der Waals surface area contributed by atoms with Crippen LogP contribution in [0.3, 0.4) is 0 Å². The van der Waals surface area contributed by atoms with Gasteiger partial charge in [-0.3, -0.25) is 10.1 Å². The van der Waals surface area contributed by atoms with Crippen LogP contribution in [0, 0.1) is 0 Å². The van der Waals surface area contributed by atoms with Crippen molar-refractivity contribution in [1.29, 1.82) is 0 Å². The van der Waals surface area contributed by atoms with Gasteiger partial charge in [0.05, 0.1) is 12.3 Å². The Kier molecular flexibility index (Phi) is 5.89. The number of hydrogen-bond donors (Lipinski definition) is 3. The van der Waals surface area contributed by atoms with Crippen molar-refractivity contribution >= 4 is 23.7 Å². The summed E-state index contributed by atoms with van der Waals surface area (Å²) in [6.07, 6.45) is 0. The van der Waals surface area contributed by atoms with Crippen molar-refractivity contribution in [3.05, 3.63) is 0 Å². The van der Waals surface area contributed by atoms with Gasteiger partial charge in [0.15, 0.2) is 0 Å². The Labute approximate surface area is 121 Å². The van der Waals surface area contributed by atoms with Crippen LogP contribution >= 0.6 is 11.8 Å². The van der Waals surface area contributed by atoms with Crippen LogP contribution in [0.5, 0.6) is 0 Å². The average molecular weight is 301 g/mol. The maximum Gasteiger partial charge on any atom is 0.321 e. The normalized spacial score (nSPS) is 11.2. The molecule has 10 heteroatoms. The van der Waals surface area contributed by atoms with E-state index < -0.39 is 17.5 Å². The van der Waals surface area contributed by atoms with Gasteiger partial charge in [-0.2, -0.15) is 0 Å². The molecule has 0 aliphatic heterocycles. The number of nitrogens with one attached hydrogen (secondary N) is 2. The number of amides is 3. The van der Waals surface area contributed by atoms with Gasteiger partial charge in [0.25, 0.3) is 0 Å². The Morgan fingerprint density at radius 2 is 2.10 bits per heavy atom. The fourth-order valence-corrected chi connectivity index (χ4v) is 1.93. The molecule has 0 atom stereocenters. The van der Waals surface area contributed by atoms with E-state index in [4.69, 9.17) is 5.73 Å². The molecule has 20 heavy (non-hydrogen) atoms. The lowest BCUT2D eigenvalue weighted by Gasteiger charge is -2.20. The van der Waals surface area contributed by atoms with E-state index in [-0.39, 0.29) is 5.75 Å². The van der Waals surface area contributed by atoms with E-state index in [1.165, 1.54) is 4.68 Å². The van der Waals surface area contributed by atoms with Crippen LogP contribution in [-0.2, 0) is 11.3 Å². The van der Waals surface area contributed by atoms with E-state index in [9.17, 15) is 9.59 Å². The Balaban J connectivity index is 2.40. The minimum atomic E-state index is -0.523. The molecule has 112 valence electrons. The molecule has 0 fully saturated rings. The Morgan fingerprint density at radius 3 is 2.70 bits per heavy atom. The molecule has 0 saturated heterocycles. The molecule has 0 aromatic carbocycles. The van der Waals surface area contributed by atoms with Crippen LogP contribution in [-0.4, -0.2) is 50.0 Å². The monoisotopic (exact) mass is 301 g/mol. The quantitative estimate of drug-likeness (QED) is 0.616. The summed E-state index contributed by atoms with van der Waals surface area (Å²) in [6, 6.07) is -0.523. The van der Waals surface area contributed by atoms with Crippen molar-refractivity contribution in [3.63, 3.8) is 0 Å². The molecule has 0 aliphatic rings. The first kappa shape index (κ1) is 16.4. The molecule has 1 aromatic heterocycles. The molecule has 9 nitrogen and oxygen atoms in total. The van der Waals surface area contributed by atoms with Gasteiger partial charge in [-0.1, -0.05) is 11.8 Å². The van der Waals surface area contributed by atoms with E-state index >= 15 is 0 Å². The molecule has 1 rings (SSSR count). The highest BCUT2D eigenvalue weighted by Crippen LogP contribution is 2.12. The lowest BCUT2D eigenvalue weighted by atomic mass is 10.1. The van der Waals surface area contributed by atoms with Gasteiger partial charge in [-0.05, 0) is 31.2 Å². The number of rotatable bonds is 5. The standard InChI is InChI=1S/C10H19N7O2S/c1-10(2,3)13-8(19)12-7(18)6-20-9-14-15-16-17(9)5-4-11/h4-6,11H2,1-3H3,(H2,12,13,18,19). The number of urea groups is 1. The average Bonchev–Trinajstić information content (AvgIpc) is 2.71. The van der Waals surface area contributed by atoms with Crippen LogP contribution in [0.2, 0.25) is 0 Å². The lowest BCUT2D eigenvalue weighted by Crippen LogP contribution is -2.48. The highest BCUT2D eigenvalue weighted by atomic mass is 32.2. The molecule has 0 aliphatic carbocycles. The van der Waals surface area contributed by atoms with Crippen LogP contribution in [0.15, 0.2) is 5.16 Å². The topological polar surface area (TPSA) is 128 Å². The second kappa shape index (κ2) is 7.20. The van der Waals surface area contributed by atoms with Gasteiger partial charge in [-0.15, -0.1) is 5.10 Å². The largest absolute Gasteiger partial charge is 0.333 e. The summed E-state index contributed by atoms with van der Waals surface area (Å²) in [5.74, 6) is -0.373. The number of nitrogens with two attached hydrogens (primary N) is 1. The highest BCUT2D eigenvalue weighted by molar-refractivity contribution is 7.99. The zero-order valence-electron chi connectivity index (χ0n) is 11.7. The van der Waals surface area contributed by atoms with Crippen molar-refractivity contribution in [1.82, 2.24) is 30.8 Å². The third-order valence-corrected chi connectivity index (χ3v) is 2.87. The summed E-state index contributed by atoms with van der Waals surface area (Å²) < 4.78 is 1.51. The molecule has 1 heterocycles. The number of thioether (sulfide) groups is 1. The zero-order valence-corrected chi connectivity index (χ0v) is 12.5. The third kappa shape index (κ3) is 5.97. The third-order valence-electron chi connectivity index (χ3n) is 1.91. The van der Waals surface area contributed by atoms with E-state index in [0.717, 1.165) is 11.8 Å². The zero-order chi connectivity index (χ0) is 15.2. The van der Waals surface area contributed by atoms with Crippen molar-refractivity contribution in [3.8, 4) is 0 Å². The lowest BCUT2D eigenvalue weighted by molar-refractivity contribution is -0.117. The fourth-order valence-electron chi connectivity index (χ4n) is 1.23. The molecule has 0 saturated carbocycles. The molecule has 4 N–H and O–H groups in total. The maximum atomic E-state index is 11.6. The van der Waals surface area contributed by atoms with E-state index in [1.54, 1.807) is 0 Å². The number of hydrogen-bond acceptors (Lipinski definition) is 7. The SMILES string of the molecule is CC(C)(C)NC(=O)NC(=O)CSc1nnnn1CCN. The smallest absolute Gasteiger partial charge is 0.321 e. The summed E-state index contributed by atoms with van der Waals surface area (Å²) in [7, 11) is 0. The number of carbonyl (C=O) groups excluding carboxylic acids is 2. The second-order valence-electron chi connectivity index (χ2n) is 5.01. The van der Waals surface area contributed by atoms with Crippen LogP contribution in [0.1, 0.15) is 20.8 Å². The first-order chi connectivity index (χ1) is 9.31. The summed E-state index contributed by atoms with van der Waals surface area (Å²) >= 11 is 1.14. The minimum Gasteiger partial charge on any atom is -0.333 e. The Hall–Kier alpha value is -1.68. The highest BCUT2D eigenvalue weighted by Gasteiger charge is 2.16. The first-order valence-corrected chi connectivity index (χ1v) is 7.01. The van der Waals surface area contributed by atoms with Crippen LogP contribution < -0.4 is 16.4 Å². The molecule has 0 unspecified atom stereocenters. The van der Waals surface area contributed by atoms with Gasteiger partial charge < -0.3 is 11.1 Å². The molecule has 0 bridgehead atoms. The summed E-state index contributed by atoms with van der Waals surface area (Å²) in [6.45, 7) is 6.35. The van der Waals surface area contributed by atoms with Crippen LogP contribution in [0.25, 0.3) is 0 Å². The summed E-state index contributed by atoms with van der Waals surface area (Å²) in [5.41, 5.74) is 5.01. The molecule has 3 amide bonds. The molecular weight excluding hydrogens is 282 g/mol. The van der Waals surface area contributed by atoms with Gasteiger partial charge in [0.2, 0.25) is 11.1 Å². The van der Waals surface area contributed by atoms with E-state index in [0.29, 0.717) is 18.2 Å². The number of tetrazole rings is 1. The fraction of sp³-hybridized carbons (Fsp3) is 0.700. The summed E-state index contributed by atoms with van der Waals surface area (Å²) in [4.78, 5) is 23.1. The Morgan fingerprint density at radius 1 is 1.40 bits per heavy atom. The predicted octanol–water partition coefficient (Wildman–Crippen LogP) is -0.652. The number of imide groups is 1.